The molecule has 0 aliphatic heterocycles. The van der Waals surface area contributed by atoms with Crippen molar-refractivity contribution < 1.29 is 13.2 Å². The van der Waals surface area contributed by atoms with Gasteiger partial charge in [0.25, 0.3) is 15.9 Å². The number of anilines is 2. The summed E-state index contributed by atoms with van der Waals surface area (Å²) in [6, 6.07) is 17.8. The molecule has 0 aliphatic carbocycles. The van der Waals surface area contributed by atoms with E-state index in [1.807, 2.05) is 35.0 Å². The van der Waals surface area contributed by atoms with Gasteiger partial charge in [-0.2, -0.15) is 5.10 Å². The molecule has 6 rings (SSSR count). The normalized spacial score (nSPS) is 11.7. The van der Waals surface area contributed by atoms with Gasteiger partial charge in [-0.3, -0.25) is 14.2 Å². The van der Waals surface area contributed by atoms with Gasteiger partial charge >= 0.3 is 5.69 Å². The van der Waals surface area contributed by atoms with Crippen molar-refractivity contribution in [2.75, 3.05) is 10.0 Å². The lowest BCUT2D eigenvalue weighted by atomic mass is 10.1. The summed E-state index contributed by atoms with van der Waals surface area (Å²) in [6.07, 6.45) is 5.53. The number of imidazole rings is 2. The molecule has 0 bridgehead atoms. The minimum atomic E-state index is -4.06. The Balaban J connectivity index is 1.19. The Morgan fingerprint density at radius 1 is 0.947 bits per heavy atom. The second-order valence-electron chi connectivity index (χ2n) is 8.49. The summed E-state index contributed by atoms with van der Waals surface area (Å²) in [5.41, 5.74) is 2.23. The van der Waals surface area contributed by atoms with Crippen molar-refractivity contribution >= 4 is 44.1 Å². The van der Waals surface area contributed by atoms with Gasteiger partial charge in [0.1, 0.15) is 5.65 Å². The number of fused-ring (bicyclic) bond motifs is 2. The fraction of sp³-hybridized carbons (Fsp3) is 0.0400. The van der Waals surface area contributed by atoms with E-state index in [2.05, 4.69) is 30.1 Å². The first-order chi connectivity index (χ1) is 18.3. The van der Waals surface area contributed by atoms with Crippen LogP contribution in [0.5, 0.6) is 0 Å². The Labute approximate surface area is 215 Å². The molecule has 0 saturated carbocycles. The third-order valence-electron chi connectivity index (χ3n) is 5.83. The molecule has 4 aromatic heterocycles. The molecule has 12 nitrogen and oxygen atoms in total. The largest absolute Gasteiger partial charge is 0.323 e. The van der Waals surface area contributed by atoms with Gasteiger partial charge in [0.05, 0.1) is 39.4 Å². The maximum absolute atomic E-state index is 13.1. The van der Waals surface area contributed by atoms with Crippen LogP contribution in [0.2, 0.25) is 0 Å². The maximum Gasteiger partial charge on any atom is 0.323 e. The van der Waals surface area contributed by atoms with Crippen molar-refractivity contribution in [1.82, 2.24) is 29.1 Å². The molecule has 0 atom stereocenters. The number of pyridine rings is 1. The molecule has 0 aliphatic rings. The summed E-state index contributed by atoms with van der Waals surface area (Å²) in [4.78, 5) is 34.1. The molecular formula is C25H20N8O4S. The molecule has 2 aromatic carbocycles. The molecule has 0 fully saturated rings. The zero-order valence-electron chi connectivity index (χ0n) is 19.6. The highest BCUT2D eigenvalue weighted by Gasteiger charge is 2.20. The van der Waals surface area contributed by atoms with Gasteiger partial charge in [-0.15, -0.1) is 0 Å². The summed E-state index contributed by atoms with van der Waals surface area (Å²) in [6.45, 7) is 0.407. The van der Waals surface area contributed by atoms with Crippen LogP contribution < -0.4 is 15.7 Å². The van der Waals surface area contributed by atoms with Gasteiger partial charge in [-0.05, 0) is 42.5 Å². The minimum Gasteiger partial charge on any atom is -0.307 e. The molecule has 0 unspecified atom stereocenters. The summed E-state index contributed by atoms with van der Waals surface area (Å²) in [7, 11) is -4.06. The van der Waals surface area contributed by atoms with E-state index in [1.54, 1.807) is 29.1 Å². The summed E-state index contributed by atoms with van der Waals surface area (Å²) in [5.74, 6) is -0.231. The van der Waals surface area contributed by atoms with Crippen LogP contribution in [0.4, 0.5) is 11.5 Å². The molecule has 6 aromatic rings. The number of carbonyl (C=O) groups excluding carboxylic acids is 1. The van der Waals surface area contributed by atoms with E-state index in [4.69, 9.17) is 0 Å². The number of hydrogen-bond donors (Lipinski definition) is 4. The number of aromatic amines is 2. The van der Waals surface area contributed by atoms with Gasteiger partial charge in [0, 0.05) is 24.7 Å². The first-order valence-corrected chi connectivity index (χ1v) is 12.9. The number of nitrogens with zero attached hydrogens (tertiary/aromatic N) is 4. The Morgan fingerprint density at radius 3 is 2.63 bits per heavy atom. The van der Waals surface area contributed by atoms with Crippen LogP contribution in [0.25, 0.3) is 16.7 Å². The number of nitrogens with one attached hydrogen (secondary N) is 4. The monoisotopic (exact) mass is 528 g/mol. The Bertz CT molecular complexity index is 1950. The first-order valence-electron chi connectivity index (χ1n) is 11.5. The lowest BCUT2D eigenvalue weighted by Gasteiger charge is -2.12. The molecule has 190 valence electrons. The van der Waals surface area contributed by atoms with Crippen LogP contribution in [0.15, 0.2) is 95.0 Å². The maximum atomic E-state index is 13.1. The molecule has 38 heavy (non-hydrogen) atoms. The fourth-order valence-electron chi connectivity index (χ4n) is 4.08. The van der Waals surface area contributed by atoms with Crippen molar-refractivity contribution in [3.8, 4) is 0 Å². The SMILES string of the molecule is O=C(Nc1ccn(Cc2cn3ccccc3n2)n1)c1ccccc1NS(=O)(=O)c1ccc2[nH]c(=O)[nH]c2c1. The number of aromatic nitrogens is 6. The highest BCUT2D eigenvalue weighted by Crippen LogP contribution is 2.23. The van der Waals surface area contributed by atoms with Gasteiger partial charge in [-0.1, -0.05) is 18.2 Å². The highest BCUT2D eigenvalue weighted by atomic mass is 32.2. The molecule has 0 radical (unpaired) electrons. The summed E-state index contributed by atoms with van der Waals surface area (Å²) >= 11 is 0. The average Bonchev–Trinajstić information content (AvgIpc) is 3.60. The van der Waals surface area contributed by atoms with Crippen LogP contribution in [0.1, 0.15) is 16.1 Å². The molecular weight excluding hydrogens is 508 g/mol. The van der Waals surface area contributed by atoms with Crippen molar-refractivity contribution in [2.24, 2.45) is 0 Å². The second-order valence-corrected chi connectivity index (χ2v) is 10.2. The Hall–Kier alpha value is -5.17. The van der Waals surface area contributed by atoms with Crippen molar-refractivity contribution in [1.29, 1.82) is 0 Å². The predicted octanol–water partition coefficient (Wildman–Crippen LogP) is 2.80. The second kappa shape index (κ2) is 9.05. The number of H-pyrrole nitrogens is 2. The summed E-state index contributed by atoms with van der Waals surface area (Å²) in [5, 5.41) is 7.10. The van der Waals surface area contributed by atoms with E-state index in [-0.39, 0.29) is 16.1 Å². The van der Waals surface area contributed by atoms with Crippen molar-refractivity contribution in [3.63, 3.8) is 0 Å². The van der Waals surface area contributed by atoms with E-state index in [9.17, 15) is 18.0 Å². The first kappa shape index (κ1) is 23.2. The molecule has 4 heterocycles. The standard InChI is InChI=1S/C25H20N8O4S/c34-24(29-22-10-12-33(30-22)15-16-14-32-11-4-3-7-23(32)26-16)18-5-1-2-6-19(18)31-38(36,37)17-8-9-20-21(13-17)28-25(35)27-20/h1-14,31H,15H2,(H2,27,28,35)(H,29,30,34). The van der Waals surface area contributed by atoms with E-state index in [0.717, 1.165) is 11.3 Å². The topological polar surface area (TPSA) is 159 Å². The Kier molecular flexibility index (Phi) is 5.53. The minimum absolute atomic E-state index is 0.0684. The van der Waals surface area contributed by atoms with Crippen LogP contribution in [0, 0.1) is 0 Å². The zero-order valence-corrected chi connectivity index (χ0v) is 20.4. The quantitative estimate of drug-likeness (QED) is 0.249. The van der Waals surface area contributed by atoms with Crippen LogP contribution >= 0.6 is 0 Å². The van der Waals surface area contributed by atoms with Gasteiger partial charge < -0.3 is 19.7 Å². The van der Waals surface area contributed by atoms with E-state index in [0.29, 0.717) is 23.4 Å². The van der Waals surface area contributed by atoms with E-state index >= 15 is 0 Å². The summed E-state index contributed by atoms with van der Waals surface area (Å²) < 4.78 is 32.1. The molecule has 13 heteroatoms. The van der Waals surface area contributed by atoms with Gasteiger partial charge in [-0.25, -0.2) is 18.2 Å². The number of rotatable bonds is 7. The van der Waals surface area contributed by atoms with Crippen molar-refractivity contribution in [2.45, 2.75) is 11.4 Å². The number of amides is 1. The van der Waals surface area contributed by atoms with Gasteiger partial charge in [0.15, 0.2) is 5.82 Å². The van der Waals surface area contributed by atoms with E-state index < -0.39 is 21.6 Å². The highest BCUT2D eigenvalue weighted by molar-refractivity contribution is 7.92. The lowest BCUT2D eigenvalue weighted by molar-refractivity contribution is 0.102. The number of para-hydroxylation sites is 1. The molecule has 4 N–H and O–H groups in total. The smallest absolute Gasteiger partial charge is 0.307 e. The number of hydrogen-bond acceptors (Lipinski definition) is 6. The zero-order chi connectivity index (χ0) is 26.3. The number of carbonyl (C=O) groups is 1. The van der Waals surface area contributed by atoms with E-state index in [1.165, 1.54) is 30.3 Å². The van der Waals surface area contributed by atoms with Gasteiger partial charge in [0.2, 0.25) is 0 Å². The predicted molar refractivity (Wildman–Crippen MR) is 141 cm³/mol. The third-order valence-corrected chi connectivity index (χ3v) is 7.20. The lowest BCUT2D eigenvalue weighted by Crippen LogP contribution is -2.19. The van der Waals surface area contributed by atoms with Crippen LogP contribution in [-0.2, 0) is 16.6 Å². The molecule has 0 spiro atoms. The van der Waals surface area contributed by atoms with Crippen LogP contribution in [0.3, 0.4) is 0 Å². The number of benzene rings is 2. The number of sulfonamides is 1. The molecule has 0 saturated heterocycles. The van der Waals surface area contributed by atoms with Crippen molar-refractivity contribution in [3.05, 3.63) is 107 Å². The third kappa shape index (κ3) is 4.53. The fourth-order valence-corrected chi connectivity index (χ4v) is 5.19. The average molecular weight is 529 g/mol. The van der Waals surface area contributed by atoms with Crippen LogP contribution in [-0.4, -0.2) is 43.5 Å². The Morgan fingerprint density at radius 2 is 1.76 bits per heavy atom. The molecule has 1 amide bonds.